The molecule has 0 saturated carbocycles. The lowest BCUT2D eigenvalue weighted by molar-refractivity contribution is -0.154. The van der Waals surface area contributed by atoms with Crippen LogP contribution in [0.4, 0.5) is 0 Å². The van der Waals surface area contributed by atoms with Crippen molar-refractivity contribution in [3.63, 3.8) is 0 Å². The molecule has 0 saturated heterocycles. The summed E-state index contributed by atoms with van der Waals surface area (Å²) < 4.78 is 10.9. The van der Waals surface area contributed by atoms with Crippen LogP contribution in [0.3, 0.4) is 0 Å². The van der Waals surface area contributed by atoms with Gasteiger partial charge in [0.15, 0.2) is 0 Å². The lowest BCUT2D eigenvalue weighted by atomic mass is 9.99. The second-order valence-electron chi connectivity index (χ2n) is 4.27. The normalized spacial score (nSPS) is 16.2. The number of hydrogen-bond donors (Lipinski definition) is 0. The number of esters is 1. The number of ether oxygens (including phenoxy) is 2. The highest BCUT2D eigenvalue weighted by Crippen LogP contribution is 2.20. The summed E-state index contributed by atoms with van der Waals surface area (Å²) in [6, 6.07) is 0. The monoisotopic (exact) mass is 228 g/mol. The highest BCUT2D eigenvalue weighted by molar-refractivity contribution is 5.81. The topological polar surface area (TPSA) is 35.5 Å². The summed E-state index contributed by atoms with van der Waals surface area (Å²) >= 11 is 0. The van der Waals surface area contributed by atoms with Crippen molar-refractivity contribution < 1.29 is 14.3 Å². The maximum absolute atomic E-state index is 11.2. The molecule has 0 heterocycles. The molecule has 0 aromatic carbocycles. The average molecular weight is 228 g/mol. The Morgan fingerprint density at radius 1 is 1.50 bits per heavy atom. The molecular weight excluding hydrogens is 204 g/mol. The molecule has 0 aromatic heterocycles. The molecule has 1 unspecified atom stereocenters. The summed E-state index contributed by atoms with van der Waals surface area (Å²) in [6.07, 6.45) is 3.94. The second kappa shape index (κ2) is 7.44. The van der Waals surface area contributed by atoms with Gasteiger partial charge in [-0.25, -0.2) is 4.79 Å². The van der Waals surface area contributed by atoms with E-state index < -0.39 is 5.60 Å². The van der Waals surface area contributed by atoms with Gasteiger partial charge in [-0.1, -0.05) is 20.4 Å². The van der Waals surface area contributed by atoms with E-state index in [4.69, 9.17) is 9.47 Å². The molecular formula is C13H24O3. The van der Waals surface area contributed by atoms with E-state index in [2.05, 4.69) is 13.5 Å². The molecule has 0 rings (SSSR count). The fourth-order valence-electron chi connectivity index (χ4n) is 1.18. The minimum absolute atomic E-state index is 0.260. The Bertz CT molecular complexity index is 225. The number of rotatable bonds is 8. The first-order valence-corrected chi connectivity index (χ1v) is 5.94. The first-order valence-electron chi connectivity index (χ1n) is 5.94. The molecule has 0 aromatic rings. The lowest BCUT2D eigenvalue weighted by Crippen LogP contribution is -2.32. The minimum atomic E-state index is -0.446. The second-order valence-corrected chi connectivity index (χ2v) is 4.27. The Kier molecular flexibility index (Phi) is 7.06. The molecule has 0 amide bonds. The van der Waals surface area contributed by atoms with Crippen molar-refractivity contribution in [3.8, 4) is 0 Å². The van der Waals surface area contributed by atoms with E-state index in [9.17, 15) is 4.79 Å². The van der Waals surface area contributed by atoms with Crippen molar-refractivity contribution in [1.82, 2.24) is 0 Å². The minimum Gasteiger partial charge on any atom is -0.456 e. The van der Waals surface area contributed by atoms with Gasteiger partial charge in [-0.2, -0.15) is 0 Å². The number of carbonyl (C=O) groups excluding carboxylic acids is 1. The zero-order chi connectivity index (χ0) is 12.6. The maximum Gasteiger partial charge on any atom is 0.330 e. The van der Waals surface area contributed by atoms with Gasteiger partial charge in [0.05, 0.1) is 12.7 Å². The third-order valence-electron chi connectivity index (χ3n) is 2.87. The van der Waals surface area contributed by atoms with Crippen LogP contribution in [0.2, 0.25) is 0 Å². The molecule has 0 spiro atoms. The van der Waals surface area contributed by atoms with Crippen molar-refractivity contribution in [2.75, 3.05) is 6.61 Å². The van der Waals surface area contributed by atoms with Crippen LogP contribution >= 0.6 is 0 Å². The molecule has 2 atom stereocenters. The first-order chi connectivity index (χ1) is 7.47. The third kappa shape index (κ3) is 5.91. The van der Waals surface area contributed by atoms with Crippen molar-refractivity contribution >= 4 is 5.97 Å². The van der Waals surface area contributed by atoms with Gasteiger partial charge in [-0.05, 0) is 26.7 Å². The molecule has 3 heteroatoms. The summed E-state index contributed by atoms with van der Waals surface area (Å²) in [4.78, 5) is 11.2. The molecule has 16 heavy (non-hydrogen) atoms. The third-order valence-corrected chi connectivity index (χ3v) is 2.87. The van der Waals surface area contributed by atoms with Crippen LogP contribution in [0.5, 0.6) is 0 Å². The van der Waals surface area contributed by atoms with Crippen LogP contribution in [0.15, 0.2) is 12.7 Å². The van der Waals surface area contributed by atoms with Gasteiger partial charge >= 0.3 is 5.97 Å². The quantitative estimate of drug-likeness (QED) is 0.473. The van der Waals surface area contributed by atoms with E-state index in [1.165, 1.54) is 6.08 Å². The Morgan fingerprint density at radius 2 is 2.12 bits per heavy atom. The van der Waals surface area contributed by atoms with Gasteiger partial charge < -0.3 is 9.47 Å². The zero-order valence-corrected chi connectivity index (χ0v) is 10.9. The molecule has 0 aliphatic carbocycles. The van der Waals surface area contributed by atoms with Gasteiger partial charge in [0, 0.05) is 12.5 Å². The summed E-state index contributed by atoms with van der Waals surface area (Å²) in [5, 5.41) is 0. The van der Waals surface area contributed by atoms with Gasteiger partial charge in [0.25, 0.3) is 0 Å². The Morgan fingerprint density at radius 3 is 2.56 bits per heavy atom. The molecule has 3 nitrogen and oxygen atoms in total. The lowest BCUT2D eigenvalue weighted by Gasteiger charge is -2.28. The van der Waals surface area contributed by atoms with Crippen LogP contribution in [-0.2, 0) is 14.3 Å². The molecule has 0 bridgehead atoms. The van der Waals surface area contributed by atoms with E-state index >= 15 is 0 Å². The van der Waals surface area contributed by atoms with Crippen molar-refractivity contribution in [1.29, 1.82) is 0 Å². The summed E-state index contributed by atoms with van der Waals surface area (Å²) in [6.45, 7) is 12.1. The average Bonchev–Trinajstić information content (AvgIpc) is 2.28. The van der Waals surface area contributed by atoms with Crippen LogP contribution in [0.25, 0.3) is 0 Å². The van der Waals surface area contributed by atoms with Gasteiger partial charge in [0.2, 0.25) is 0 Å². The van der Waals surface area contributed by atoms with E-state index in [-0.39, 0.29) is 12.1 Å². The predicted octanol–water partition coefficient (Wildman–Crippen LogP) is 3.09. The molecule has 0 fully saturated rings. The van der Waals surface area contributed by atoms with Crippen molar-refractivity contribution in [2.45, 2.75) is 58.7 Å². The van der Waals surface area contributed by atoms with Gasteiger partial charge in [0.1, 0.15) is 5.60 Å². The van der Waals surface area contributed by atoms with Crippen LogP contribution in [0.1, 0.15) is 47.0 Å². The first kappa shape index (κ1) is 15.2. The van der Waals surface area contributed by atoms with Crippen molar-refractivity contribution in [2.24, 2.45) is 0 Å². The van der Waals surface area contributed by atoms with Gasteiger partial charge in [-0.15, -0.1) is 0 Å². The highest BCUT2D eigenvalue weighted by Gasteiger charge is 2.25. The van der Waals surface area contributed by atoms with Crippen LogP contribution < -0.4 is 0 Å². The predicted molar refractivity (Wildman–Crippen MR) is 65.3 cm³/mol. The smallest absolute Gasteiger partial charge is 0.330 e. The Hall–Kier alpha value is -0.830. The van der Waals surface area contributed by atoms with Crippen LogP contribution in [-0.4, -0.2) is 24.3 Å². The van der Waals surface area contributed by atoms with E-state index in [0.29, 0.717) is 13.0 Å². The zero-order valence-electron chi connectivity index (χ0n) is 10.9. The summed E-state index contributed by atoms with van der Waals surface area (Å²) in [7, 11) is 0. The van der Waals surface area contributed by atoms with E-state index in [1.54, 1.807) is 0 Å². The molecule has 0 N–H and O–H groups in total. The number of hydrogen-bond acceptors (Lipinski definition) is 3. The maximum atomic E-state index is 11.2. The highest BCUT2D eigenvalue weighted by atomic mass is 16.6. The summed E-state index contributed by atoms with van der Waals surface area (Å²) in [5.74, 6) is -0.368. The largest absolute Gasteiger partial charge is 0.456 e. The van der Waals surface area contributed by atoms with Crippen LogP contribution in [0, 0.1) is 0 Å². The standard InChI is InChI=1S/C13H24O3/c1-6-11(4)15-10-9-13(5,8-3)16-12(14)7-2/h7,11H,2,6,8-10H2,1,3-5H3/t11-,13?/m0/s1. The summed E-state index contributed by atoms with van der Waals surface area (Å²) in [5.41, 5.74) is -0.446. The van der Waals surface area contributed by atoms with Crippen molar-refractivity contribution in [3.05, 3.63) is 12.7 Å². The molecule has 94 valence electrons. The van der Waals surface area contributed by atoms with E-state index in [1.807, 2.05) is 20.8 Å². The SMILES string of the molecule is C=CC(=O)OC(C)(CC)CCO[C@@H](C)CC. The molecule has 0 aliphatic rings. The molecule has 0 radical (unpaired) electrons. The number of carbonyl (C=O) groups is 1. The Labute approximate surface area is 98.8 Å². The fourth-order valence-corrected chi connectivity index (χ4v) is 1.18. The van der Waals surface area contributed by atoms with Gasteiger partial charge in [-0.3, -0.25) is 0 Å². The van der Waals surface area contributed by atoms with E-state index in [0.717, 1.165) is 12.8 Å². The fraction of sp³-hybridized carbons (Fsp3) is 0.769. The Balaban J connectivity index is 4.06. The molecule has 0 aliphatic heterocycles.